The number of ether oxygens (including phenoxy) is 1. The fourth-order valence-corrected chi connectivity index (χ4v) is 4.73. The van der Waals surface area contributed by atoms with Gasteiger partial charge in [-0.05, 0) is 77.6 Å². The molecule has 0 amide bonds. The van der Waals surface area contributed by atoms with Gasteiger partial charge in [0.25, 0.3) is 0 Å². The minimum atomic E-state index is -0.0716. The highest BCUT2D eigenvalue weighted by Gasteiger charge is 2.49. The quantitative estimate of drug-likeness (QED) is 0.833. The van der Waals surface area contributed by atoms with E-state index in [0.717, 1.165) is 18.3 Å². The minimum absolute atomic E-state index is 0.0130. The van der Waals surface area contributed by atoms with Gasteiger partial charge in [0.05, 0.1) is 11.2 Å². The van der Waals surface area contributed by atoms with E-state index in [1.807, 2.05) is 0 Å². The van der Waals surface area contributed by atoms with E-state index in [0.29, 0.717) is 17.9 Å². The van der Waals surface area contributed by atoms with Gasteiger partial charge in [-0.2, -0.15) is 0 Å². The Morgan fingerprint density at radius 1 is 0.950 bits per heavy atom. The van der Waals surface area contributed by atoms with Crippen LogP contribution in [0.3, 0.4) is 0 Å². The molecule has 0 aromatic heterocycles. The molecule has 0 spiro atoms. The van der Waals surface area contributed by atoms with Gasteiger partial charge in [-0.1, -0.05) is 13.8 Å². The largest absolute Gasteiger partial charge is 0.369 e. The second-order valence-corrected chi connectivity index (χ2v) is 8.77. The highest BCUT2D eigenvalue weighted by Crippen LogP contribution is 2.46. The van der Waals surface area contributed by atoms with Crippen molar-refractivity contribution in [3.63, 3.8) is 0 Å². The number of nitrogens with two attached hydrogens (primary N) is 1. The SMILES string of the molecule is CC(C)C1CCC(C(N)C2CC(C)(C)OC2(C)C)CC1. The molecule has 2 rings (SSSR count). The molecule has 0 radical (unpaired) electrons. The maximum Gasteiger partial charge on any atom is 0.0677 e. The van der Waals surface area contributed by atoms with Gasteiger partial charge in [0.15, 0.2) is 0 Å². The molecule has 1 aliphatic carbocycles. The van der Waals surface area contributed by atoms with Crippen LogP contribution in [0.1, 0.15) is 73.6 Å². The molecule has 2 aliphatic rings. The smallest absolute Gasteiger partial charge is 0.0677 e. The fraction of sp³-hybridized carbons (Fsp3) is 1.00. The summed E-state index contributed by atoms with van der Waals surface area (Å²) in [5, 5.41) is 0. The van der Waals surface area contributed by atoms with Crippen LogP contribution in [0.25, 0.3) is 0 Å². The number of hydrogen-bond donors (Lipinski definition) is 1. The lowest BCUT2D eigenvalue weighted by Gasteiger charge is -2.39. The molecule has 0 bridgehead atoms. The van der Waals surface area contributed by atoms with Gasteiger partial charge in [0.1, 0.15) is 0 Å². The first-order valence-electron chi connectivity index (χ1n) is 8.58. The highest BCUT2D eigenvalue weighted by molar-refractivity contribution is 5.00. The van der Waals surface area contributed by atoms with Gasteiger partial charge in [-0.3, -0.25) is 0 Å². The Labute approximate surface area is 125 Å². The van der Waals surface area contributed by atoms with Crippen LogP contribution in [0.15, 0.2) is 0 Å². The second kappa shape index (κ2) is 5.61. The molecule has 2 heteroatoms. The van der Waals surface area contributed by atoms with E-state index in [-0.39, 0.29) is 11.2 Å². The molecular formula is C18H35NO. The summed E-state index contributed by atoms with van der Waals surface area (Å²) in [5.41, 5.74) is 6.61. The van der Waals surface area contributed by atoms with E-state index in [4.69, 9.17) is 10.5 Å². The van der Waals surface area contributed by atoms with Gasteiger partial charge in [-0.25, -0.2) is 0 Å². The molecule has 1 saturated carbocycles. The van der Waals surface area contributed by atoms with Gasteiger partial charge in [-0.15, -0.1) is 0 Å². The van der Waals surface area contributed by atoms with Crippen molar-refractivity contribution in [1.29, 1.82) is 0 Å². The molecule has 20 heavy (non-hydrogen) atoms. The van der Waals surface area contributed by atoms with Crippen LogP contribution in [0.2, 0.25) is 0 Å². The molecule has 2 fully saturated rings. The normalized spacial score (nSPS) is 38.1. The number of hydrogen-bond acceptors (Lipinski definition) is 2. The second-order valence-electron chi connectivity index (χ2n) is 8.77. The summed E-state index contributed by atoms with van der Waals surface area (Å²) in [6.45, 7) is 13.6. The van der Waals surface area contributed by atoms with Gasteiger partial charge in [0, 0.05) is 12.0 Å². The van der Waals surface area contributed by atoms with E-state index >= 15 is 0 Å². The summed E-state index contributed by atoms with van der Waals surface area (Å²) in [6.07, 6.45) is 6.47. The topological polar surface area (TPSA) is 35.2 Å². The van der Waals surface area contributed by atoms with Gasteiger partial charge in [0.2, 0.25) is 0 Å². The summed E-state index contributed by atoms with van der Waals surface area (Å²) >= 11 is 0. The van der Waals surface area contributed by atoms with E-state index in [2.05, 4.69) is 41.5 Å². The highest BCUT2D eigenvalue weighted by atomic mass is 16.5. The third-order valence-electron chi connectivity index (χ3n) is 5.91. The predicted molar refractivity (Wildman–Crippen MR) is 85.6 cm³/mol. The zero-order valence-corrected chi connectivity index (χ0v) is 14.4. The Bertz CT molecular complexity index is 326. The van der Waals surface area contributed by atoms with Gasteiger partial charge < -0.3 is 10.5 Å². The maximum atomic E-state index is 6.69. The van der Waals surface area contributed by atoms with Crippen molar-refractivity contribution in [3.05, 3.63) is 0 Å². The molecule has 2 N–H and O–H groups in total. The molecule has 0 aromatic carbocycles. The Morgan fingerprint density at radius 2 is 1.45 bits per heavy atom. The summed E-state index contributed by atoms with van der Waals surface area (Å²) < 4.78 is 6.24. The van der Waals surface area contributed by atoms with Gasteiger partial charge >= 0.3 is 0 Å². The Balaban J connectivity index is 1.97. The lowest BCUT2D eigenvalue weighted by Crippen LogP contribution is -2.46. The summed E-state index contributed by atoms with van der Waals surface area (Å²) in [7, 11) is 0. The van der Waals surface area contributed by atoms with Crippen molar-refractivity contribution < 1.29 is 4.74 Å². The van der Waals surface area contributed by atoms with Crippen molar-refractivity contribution in [1.82, 2.24) is 0 Å². The lowest BCUT2D eigenvalue weighted by atomic mass is 9.69. The minimum Gasteiger partial charge on any atom is -0.369 e. The molecule has 1 aliphatic heterocycles. The van der Waals surface area contributed by atoms with Crippen LogP contribution < -0.4 is 5.73 Å². The summed E-state index contributed by atoms with van der Waals surface area (Å²) in [4.78, 5) is 0. The zero-order chi connectivity index (χ0) is 15.1. The van der Waals surface area contributed by atoms with Crippen LogP contribution in [-0.4, -0.2) is 17.2 Å². The van der Waals surface area contributed by atoms with Crippen LogP contribution in [0, 0.1) is 23.7 Å². The lowest BCUT2D eigenvalue weighted by molar-refractivity contribution is -0.0788. The molecular weight excluding hydrogens is 246 g/mol. The van der Waals surface area contributed by atoms with Crippen LogP contribution in [0.4, 0.5) is 0 Å². The fourth-order valence-electron chi connectivity index (χ4n) is 4.73. The summed E-state index contributed by atoms with van der Waals surface area (Å²) in [6, 6.07) is 0.305. The van der Waals surface area contributed by atoms with Crippen molar-refractivity contribution in [2.45, 2.75) is 90.9 Å². The van der Waals surface area contributed by atoms with Crippen molar-refractivity contribution >= 4 is 0 Å². The van der Waals surface area contributed by atoms with Crippen LogP contribution in [-0.2, 0) is 4.74 Å². The predicted octanol–water partition coefficient (Wildman–Crippen LogP) is 4.37. The standard InChI is InChI=1S/C18H35NO/c1-12(2)13-7-9-14(10-8-13)16(19)15-11-17(3,4)20-18(15,5)6/h12-16H,7-11,19H2,1-6H3. The molecule has 2 unspecified atom stereocenters. The Kier molecular flexibility index (Phi) is 4.57. The average Bonchev–Trinajstić information content (AvgIpc) is 2.56. The van der Waals surface area contributed by atoms with Crippen molar-refractivity contribution in [2.24, 2.45) is 29.4 Å². The third-order valence-corrected chi connectivity index (χ3v) is 5.91. The van der Waals surface area contributed by atoms with Crippen LogP contribution in [0.5, 0.6) is 0 Å². The molecule has 2 atom stereocenters. The first kappa shape index (κ1) is 16.3. The third kappa shape index (κ3) is 3.39. The van der Waals surface area contributed by atoms with E-state index in [1.165, 1.54) is 25.7 Å². The maximum absolute atomic E-state index is 6.69. The van der Waals surface area contributed by atoms with Crippen molar-refractivity contribution in [2.75, 3.05) is 0 Å². The van der Waals surface area contributed by atoms with Crippen molar-refractivity contribution in [3.8, 4) is 0 Å². The Morgan fingerprint density at radius 3 is 1.85 bits per heavy atom. The van der Waals surface area contributed by atoms with Crippen LogP contribution >= 0.6 is 0 Å². The van der Waals surface area contributed by atoms with E-state index < -0.39 is 0 Å². The summed E-state index contributed by atoms with van der Waals surface area (Å²) in [5.74, 6) is 2.95. The Hall–Kier alpha value is -0.0800. The zero-order valence-electron chi connectivity index (χ0n) is 14.4. The monoisotopic (exact) mass is 281 g/mol. The molecule has 0 aromatic rings. The first-order chi connectivity index (χ1) is 9.12. The molecule has 118 valence electrons. The molecule has 2 nitrogen and oxygen atoms in total. The number of rotatable bonds is 3. The molecule has 1 saturated heterocycles. The first-order valence-corrected chi connectivity index (χ1v) is 8.58. The molecule has 1 heterocycles. The van der Waals surface area contributed by atoms with E-state index in [9.17, 15) is 0 Å². The van der Waals surface area contributed by atoms with E-state index in [1.54, 1.807) is 0 Å². The average molecular weight is 281 g/mol.